The summed E-state index contributed by atoms with van der Waals surface area (Å²) in [6.07, 6.45) is 0.143. The third-order valence-corrected chi connectivity index (χ3v) is 9.79. The monoisotopic (exact) mass is 756 g/mol. The molecule has 5 rings (SSSR count). The van der Waals surface area contributed by atoms with E-state index in [1.54, 1.807) is 47.6 Å². The Morgan fingerprint density at radius 1 is 1.04 bits per heavy atom. The zero-order valence-corrected chi connectivity index (χ0v) is 30.0. The van der Waals surface area contributed by atoms with E-state index in [0.29, 0.717) is 40.8 Å². The van der Waals surface area contributed by atoms with Crippen molar-refractivity contribution in [3.63, 3.8) is 0 Å². The van der Waals surface area contributed by atoms with Gasteiger partial charge in [-0.25, -0.2) is 18.0 Å². The average molecular weight is 758 g/mol. The van der Waals surface area contributed by atoms with Crippen molar-refractivity contribution in [3.05, 3.63) is 113 Å². The van der Waals surface area contributed by atoms with E-state index in [9.17, 15) is 27.6 Å². The Bertz CT molecular complexity index is 2100. The van der Waals surface area contributed by atoms with Gasteiger partial charge in [0.05, 0.1) is 33.4 Å². The van der Waals surface area contributed by atoms with Gasteiger partial charge < -0.3 is 28.8 Å². The molecule has 1 aliphatic rings. The van der Waals surface area contributed by atoms with Gasteiger partial charge in [0.1, 0.15) is 11.6 Å². The zero-order valence-electron chi connectivity index (χ0n) is 27.6. The lowest BCUT2D eigenvalue weighted by Crippen LogP contribution is -2.45. The smallest absolute Gasteiger partial charge is 0.464 e. The van der Waals surface area contributed by atoms with Crippen molar-refractivity contribution in [1.29, 1.82) is 0 Å². The highest BCUT2D eigenvalue weighted by Crippen LogP contribution is 2.35. The molecule has 0 spiro atoms. The van der Waals surface area contributed by atoms with Crippen molar-refractivity contribution in [2.75, 3.05) is 19.4 Å². The summed E-state index contributed by atoms with van der Waals surface area (Å²) in [5, 5.41) is 3.50. The number of carbonyl (C=O) groups is 4. The molecule has 3 aromatic carbocycles. The van der Waals surface area contributed by atoms with E-state index in [0.717, 1.165) is 11.6 Å². The number of benzene rings is 3. The van der Waals surface area contributed by atoms with E-state index >= 15 is 0 Å². The lowest BCUT2D eigenvalue weighted by atomic mass is 9.95. The van der Waals surface area contributed by atoms with Gasteiger partial charge >= 0.3 is 12.1 Å². The first-order valence-corrected chi connectivity index (χ1v) is 18.3. The topological polar surface area (TPSA) is 159 Å². The number of ether oxygens (including phenoxy) is 3. The number of amides is 2. The average Bonchev–Trinajstić information content (AvgIpc) is 3.54. The summed E-state index contributed by atoms with van der Waals surface area (Å²) >= 11 is 13.4. The fourth-order valence-corrected chi connectivity index (χ4v) is 6.95. The van der Waals surface area contributed by atoms with E-state index in [1.807, 2.05) is 0 Å². The maximum atomic E-state index is 13.8. The molecule has 0 saturated carbocycles. The van der Waals surface area contributed by atoms with Gasteiger partial charge in [-0.15, -0.1) is 0 Å². The number of carbonyl (C=O) groups excluding carboxylic acids is 4. The number of esters is 1. The Morgan fingerprint density at radius 2 is 1.80 bits per heavy atom. The Hall–Kier alpha value is -4.59. The first-order valence-electron chi connectivity index (χ1n) is 15.7. The molecule has 0 bridgehead atoms. The Balaban J connectivity index is 1.35. The fourth-order valence-electron chi connectivity index (χ4n) is 5.49. The van der Waals surface area contributed by atoms with Crippen LogP contribution in [0, 0.1) is 19.8 Å². The van der Waals surface area contributed by atoms with Crippen LogP contribution in [-0.2, 0) is 48.2 Å². The SMILES string of the molecule is [CH2]C([CH2])COC(=O)OC(C)OC(=O)[C@H](Cc1cccc(S(C)(=O)=O)c1)NC(=O)c1c(Cl)cc2c(c1Cl)CCN(C(=O)c1ccc3ccoc3c1)C2. The maximum Gasteiger partial charge on any atom is 0.511 e. The van der Waals surface area contributed by atoms with Crippen LogP contribution in [0.5, 0.6) is 0 Å². The number of rotatable bonds is 11. The summed E-state index contributed by atoms with van der Waals surface area (Å²) in [4.78, 5) is 54.2. The van der Waals surface area contributed by atoms with Crippen molar-refractivity contribution in [3.8, 4) is 0 Å². The second kappa shape index (κ2) is 15.7. The summed E-state index contributed by atoms with van der Waals surface area (Å²) in [6.45, 7) is 8.82. The molecule has 2 radical (unpaired) electrons. The van der Waals surface area contributed by atoms with Crippen molar-refractivity contribution in [2.24, 2.45) is 5.92 Å². The molecular formula is C36H34Cl2N2O10S. The van der Waals surface area contributed by atoms with E-state index in [2.05, 4.69) is 19.2 Å². The molecule has 2 amide bonds. The largest absolute Gasteiger partial charge is 0.511 e. The molecule has 2 heterocycles. The first-order chi connectivity index (χ1) is 24.1. The van der Waals surface area contributed by atoms with Crippen molar-refractivity contribution in [1.82, 2.24) is 10.2 Å². The van der Waals surface area contributed by atoms with Gasteiger partial charge in [-0.05, 0) is 79.3 Å². The lowest BCUT2D eigenvalue weighted by Gasteiger charge is -2.30. The molecule has 1 unspecified atom stereocenters. The number of halogens is 2. The normalized spacial score (nSPS) is 14.1. The molecular weight excluding hydrogens is 723 g/mol. The van der Waals surface area contributed by atoms with E-state index in [-0.39, 0.29) is 46.0 Å². The predicted octanol–water partition coefficient (Wildman–Crippen LogP) is 6.01. The second-order valence-electron chi connectivity index (χ2n) is 12.0. The third-order valence-electron chi connectivity index (χ3n) is 7.96. The number of fused-ring (bicyclic) bond motifs is 2. The molecule has 268 valence electrons. The fraction of sp³-hybridized carbons (Fsp3) is 0.278. The highest BCUT2D eigenvalue weighted by molar-refractivity contribution is 7.90. The van der Waals surface area contributed by atoms with Crippen molar-refractivity contribution >= 4 is 67.9 Å². The first kappa shape index (κ1) is 37.7. The number of nitrogens with zero attached hydrogens (tertiary/aromatic N) is 1. The molecule has 0 aliphatic carbocycles. The molecule has 12 nitrogen and oxygen atoms in total. The zero-order chi connectivity index (χ0) is 37.0. The summed E-state index contributed by atoms with van der Waals surface area (Å²) in [5.41, 5.74) is 2.58. The minimum atomic E-state index is -3.59. The van der Waals surface area contributed by atoms with Crippen LogP contribution >= 0.6 is 23.2 Å². The van der Waals surface area contributed by atoms with Crippen LogP contribution in [0.4, 0.5) is 4.79 Å². The summed E-state index contributed by atoms with van der Waals surface area (Å²) < 4.78 is 44.9. The Labute approximate surface area is 304 Å². The van der Waals surface area contributed by atoms with Crippen LogP contribution in [0.3, 0.4) is 0 Å². The number of hydrogen-bond acceptors (Lipinski definition) is 10. The minimum absolute atomic E-state index is 0.00170. The molecule has 0 fully saturated rings. The number of sulfone groups is 1. The quantitative estimate of drug-likeness (QED) is 0.142. The predicted molar refractivity (Wildman–Crippen MR) is 188 cm³/mol. The number of nitrogens with one attached hydrogen (secondary N) is 1. The van der Waals surface area contributed by atoms with Gasteiger partial charge in [-0.1, -0.05) is 41.4 Å². The van der Waals surface area contributed by atoms with Crippen LogP contribution in [0.2, 0.25) is 10.0 Å². The van der Waals surface area contributed by atoms with Gasteiger partial charge in [-0.3, -0.25) is 9.59 Å². The van der Waals surface area contributed by atoms with Gasteiger partial charge in [0.15, 0.2) is 9.84 Å². The Kier molecular flexibility index (Phi) is 11.6. The number of furan rings is 1. The van der Waals surface area contributed by atoms with Crippen LogP contribution in [0.15, 0.2) is 70.2 Å². The Morgan fingerprint density at radius 3 is 2.53 bits per heavy atom. The standard InChI is InChI=1S/C36H34Cl2N2O10S/c1-20(2)19-48-36(44)50-21(3)49-35(43)29(15-22-6-5-7-26(14-22)51(4,45)46)39-33(41)31-28(37)16-25-18-40(12-10-27(25)32(31)38)34(42)24-9-8-23-11-13-47-30(23)17-24/h5-9,11,13-14,16-17,20-21,29H,1-2,10,12,15,18-19H2,3-4H3,(H,39,41)/t21?,29-/m0/s1. The summed E-state index contributed by atoms with van der Waals surface area (Å²) in [6, 6.07) is 13.0. The van der Waals surface area contributed by atoms with Gasteiger partial charge in [-0.2, -0.15) is 0 Å². The van der Waals surface area contributed by atoms with Crippen molar-refractivity contribution in [2.45, 2.75) is 43.5 Å². The van der Waals surface area contributed by atoms with Crippen LogP contribution < -0.4 is 5.32 Å². The van der Waals surface area contributed by atoms with E-state index in [4.69, 9.17) is 41.8 Å². The molecule has 1 aliphatic heterocycles. The molecule has 15 heteroatoms. The molecule has 1 aromatic heterocycles. The van der Waals surface area contributed by atoms with Crippen molar-refractivity contribution < 1.29 is 46.2 Å². The van der Waals surface area contributed by atoms with E-state index < -0.39 is 46.1 Å². The number of hydrogen-bond donors (Lipinski definition) is 1. The third kappa shape index (κ3) is 9.21. The molecule has 51 heavy (non-hydrogen) atoms. The van der Waals surface area contributed by atoms with Gasteiger partial charge in [0.25, 0.3) is 11.8 Å². The maximum absolute atomic E-state index is 13.8. The van der Waals surface area contributed by atoms with Crippen LogP contribution in [0.25, 0.3) is 11.0 Å². The molecule has 4 aromatic rings. The van der Waals surface area contributed by atoms with Crippen LogP contribution in [0.1, 0.15) is 44.3 Å². The minimum Gasteiger partial charge on any atom is -0.464 e. The molecule has 0 saturated heterocycles. The summed E-state index contributed by atoms with van der Waals surface area (Å²) in [5.74, 6) is -2.49. The molecule has 1 N–H and O–H groups in total. The molecule has 2 atom stereocenters. The van der Waals surface area contributed by atoms with Gasteiger partial charge in [0.2, 0.25) is 6.29 Å². The second-order valence-corrected chi connectivity index (χ2v) is 14.8. The highest BCUT2D eigenvalue weighted by Gasteiger charge is 2.31. The van der Waals surface area contributed by atoms with Crippen LogP contribution in [-0.4, -0.2) is 69.0 Å². The van der Waals surface area contributed by atoms with E-state index in [1.165, 1.54) is 25.1 Å². The lowest BCUT2D eigenvalue weighted by molar-refractivity contribution is -0.170. The van der Waals surface area contributed by atoms with Gasteiger partial charge in [0, 0.05) is 43.6 Å². The summed E-state index contributed by atoms with van der Waals surface area (Å²) in [7, 11) is -3.59. The highest BCUT2D eigenvalue weighted by atomic mass is 35.5.